The Labute approximate surface area is 119 Å². The van der Waals surface area contributed by atoms with E-state index in [4.69, 9.17) is 5.73 Å². The minimum absolute atomic E-state index is 0.704. The first-order valence-corrected chi connectivity index (χ1v) is 7.21. The molecule has 1 fully saturated rings. The number of anilines is 1. The molecule has 104 valence electrons. The summed E-state index contributed by atoms with van der Waals surface area (Å²) in [7, 11) is 0. The molecular formula is C16H20N4. The van der Waals surface area contributed by atoms with E-state index in [0.29, 0.717) is 5.92 Å². The summed E-state index contributed by atoms with van der Waals surface area (Å²) < 4.78 is 0. The van der Waals surface area contributed by atoms with Gasteiger partial charge in [0.15, 0.2) is 5.82 Å². The van der Waals surface area contributed by atoms with Gasteiger partial charge in [0.25, 0.3) is 0 Å². The van der Waals surface area contributed by atoms with Crippen molar-refractivity contribution in [2.24, 2.45) is 11.7 Å². The molecule has 0 bridgehead atoms. The highest BCUT2D eigenvalue weighted by Crippen LogP contribution is 2.24. The number of hydrogen-bond acceptors (Lipinski definition) is 4. The Kier molecular flexibility index (Phi) is 3.92. The highest BCUT2D eigenvalue weighted by Gasteiger charge is 2.22. The first-order valence-electron chi connectivity index (χ1n) is 7.21. The fourth-order valence-electron chi connectivity index (χ4n) is 2.77. The second-order valence-electron chi connectivity index (χ2n) is 5.32. The van der Waals surface area contributed by atoms with Crippen molar-refractivity contribution in [3.63, 3.8) is 0 Å². The lowest BCUT2D eigenvalue weighted by atomic mass is 10.1. The first kappa shape index (κ1) is 13.1. The van der Waals surface area contributed by atoms with Crippen LogP contribution in [0.25, 0.3) is 11.3 Å². The quantitative estimate of drug-likeness (QED) is 0.924. The summed E-state index contributed by atoms with van der Waals surface area (Å²) in [5.41, 5.74) is 7.66. The lowest BCUT2D eigenvalue weighted by molar-refractivity contribution is 0.546. The fourth-order valence-corrected chi connectivity index (χ4v) is 2.77. The van der Waals surface area contributed by atoms with E-state index in [9.17, 15) is 0 Å². The summed E-state index contributed by atoms with van der Waals surface area (Å²) in [6.07, 6.45) is 2.31. The molecule has 4 nitrogen and oxygen atoms in total. The second kappa shape index (κ2) is 6.01. The maximum absolute atomic E-state index is 5.63. The maximum Gasteiger partial charge on any atom is 0.151 e. The molecule has 4 heteroatoms. The molecule has 1 atom stereocenters. The molecule has 1 aliphatic heterocycles. The topological polar surface area (TPSA) is 55.0 Å². The minimum atomic E-state index is 0.704. The van der Waals surface area contributed by atoms with E-state index in [1.54, 1.807) is 0 Å². The minimum Gasteiger partial charge on any atom is -0.355 e. The van der Waals surface area contributed by atoms with E-state index < -0.39 is 0 Å². The van der Waals surface area contributed by atoms with Gasteiger partial charge in [-0.25, -0.2) is 0 Å². The van der Waals surface area contributed by atoms with Crippen LogP contribution in [0, 0.1) is 5.92 Å². The third kappa shape index (κ3) is 2.80. The summed E-state index contributed by atoms with van der Waals surface area (Å²) in [5.74, 6) is 1.68. The van der Waals surface area contributed by atoms with Crippen molar-refractivity contribution in [2.45, 2.75) is 12.8 Å². The zero-order valence-corrected chi connectivity index (χ0v) is 11.6. The summed E-state index contributed by atoms with van der Waals surface area (Å²) in [4.78, 5) is 2.31. The largest absolute Gasteiger partial charge is 0.355 e. The maximum atomic E-state index is 5.63. The van der Waals surface area contributed by atoms with Crippen LogP contribution in [-0.2, 0) is 0 Å². The number of benzene rings is 1. The SMILES string of the molecule is NCCC1CCN(c2ccc(-c3ccccc3)nn2)C1. The highest BCUT2D eigenvalue weighted by molar-refractivity contribution is 5.59. The van der Waals surface area contributed by atoms with E-state index in [2.05, 4.69) is 33.3 Å². The lowest BCUT2D eigenvalue weighted by Crippen LogP contribution is -2.21. The molecule has 3 rings (SSSR count). The van der Waals surface area contributed by atoms with E-state index in [1.807, 2.05) is 24.3 Å². The number of rotatable bonds is 4. The zero-order valence-electron chi connectivity index (χ0n) is 11.6. The van der Waals surface area contributed by atoms with E-state index in [1.165, 1.54) is 6.42 Å². The van der Waals surface area contributed by atoms with E-state index >= 15 is 0 Å². The molecule has 0 radical (unpaired) electrons. The average Bonchev–Trinajstić information content (AvgIpc) is 2.97. The molecule has 20 heavy (non-hydrogen) atoms. The lowest BCUT2D eigenvalue weighted by Gasteiger charge is -2.16. The smallest absolute Gasteiger partial charge is 0.151 e. The van der Waals surface area contributed by atoms with Crippen LogP contribution in [0.1, 0.15) is 12.8 Å². The molecule has 1 aromatic carbocycles. The van der Waals surface area contributed by atoms with Gasteiger partial charge in [-0.2, -0.15) is 0 Å². The third-order valence-corrected chi connectivity index (χ3v) is 3.90. The van der Waals surface area contributed by atoms with Gasteiger partial charge in [0, 0.05) is 18.7 Å². The van der Waals surface area contributed by atoms with Crippen LogP contribution >= 0.6 is 0 Å². The number of hydrogen-bond donors (Lipinski definition) is 1. The summed E-state index contributed by atoms with van der Waals surface area (Å²) in [5, 5.41) is 8.72. The van der Waals surface area contributed by atoms with E-state index in [0.717, 1.165) is 43.1 Å². The highest BCUT2D eigenvalue weighted by atomic mass is 15.3. The number of nitrogens with two attached hydrogens (primary N) is 1. The standard InChI is InChI=1S/C16H20N4/c17-10-8-13-9-11-20(12-13)16-7-6-15(18-19-16)14-4-2-1-3-5-14/h1-7,13H,8-12,17H2. The Hall–Kier alpha value is -1.94. The Morgan fingerprint density at radius 2 is 1.95 bits per heavy atom. The molecule has 0 spiro atoms. The van der Waals surface area contributed by atoms with Crippen LogP contribution in [0.3, 0.4) is 0 Å². The zero-order chi connectivity index (χ0) is 13.8. The third-order valence-electron chi connectivity index (χ3n) is 3.90. The van der Waals surface area contributed by atoms with Crippen LogP contribution in [0.5, 0.6) is 0 Å². The number of aromatic nitrogens is 2. The molecule has 0 saturated carbocycles. The van der Waals surface area contributed by atoms with Gasteiger partial charge in [-0.3, -0.25) is 0 Å². The van der Waals surface area contributed by atoms with Crippen molar-refractivity contribution in [3.8, 4) is 11.3 Å². The van der Waals surface area contributed by atoms with Crippen LogP contribution in [0.4, 0.5) is 5.82 Å². The van der Waals surface area contributed by atoms with Gasteiger partial charge < -0.3 is 10.6 Å². The molecule has 2 N–H and O–H groups in total. The van der Waals surface area contributed by atoms with Crippen molar-refractivity contribution < 1.29 is 0 Å². The molecule has 1 unspecified atom stereocenters. The second-order valence-corrected chi connectivity index (χ2v) is 5.32. The van der Waals surface area contributed by atoms with Crippen LogP contribution in [0.15, 0.2) is 42.5 Å². The predicted octanol–water partition coefficient (Wildman–Crippen LogP) is 2.32. The Balaban J connectivity index is 1.71. The van der Waals surface area contributed by atoms with Crippen LogP contribution < -0.4 is 10.6 Å². The Bertz CT molecular complexity index is 538. The van der Waals surface area contributed by atoms with Crippen molar-refractivity contribution in [2.75, 3.05) is 24.5 Å². The molecule has 0 aliphatic carbocycles. The first-order chi connectivity index (χ1) is 9.86. The van der Waals surface area contributed by atoms with Gasteiger partial charge in [-0.1, -0.05) is 30.3 Å². The summed E-state index contributed by atoms with van der Waals surface area (Å²) in [6, 6.07) is 14.3. The van der Waals surface area contributed by atoms with Gasteiger partial charge in [0.2, 0.25) is 0 Å². The van der Waals surface area contributed by atoms with Gasteiger partial charge in [0.1, 0.15) is 0 Å². The molecule has 2 aromatic rings. The van der Waals surface area contributed by atoms with Gasteiger partial charge >= 0.3 is 0 Å². The summed E-state index contributed by atoms with van der Waals surface area (Å²) >= 11 is 0. The molecule has 0 amide bonds. The number of nitrogens with zero attached hydrogens (tertiary/aromatic N) is 3. The molecule has 1 saturated heterocycles. The van der Waals surface area contributed by atoms with Crippen molar-refractivity contribution >= 4 is 5.82 Å². The van der Waals surface area contributed by atoms with Crippen molar-refractivity contribution in [3.05, 3.63) is 42.5 Å². The molecule has 2 heterocycles. The van der Waals surface area contributed by atoms with Crippen LogP contribution in [-0.4, -0.2) is 29.8 Å². The van der Waals surface area contributed by atoms with E-state index in [-0.39, 0.29) is 0 Å². The van der Waals surface area contributed by atoms with Gasteiger partial charge in [-0.05, 0) is 37.4 Å². The van der Waals surface area contributed by atoms with Crippen LogP contribution in [0.2, 0.25) is 0 Å². The van der Waals surface area contributed by atoms with Gasteiger partial charge in [-0.15, -0.1) is 10.2 Å². The fraction of sp³-hybridized carbons (Fsp3) is 0.375. The van der Waals surface area contributed by atoms with Crippen molar-refractivity contribution in [1.29, 1.82) is 0 Å². The monoisotopic (exact) mass is 268 g/mol. The summed E-state index contributed by atoms with van der Waals surface area (Å²) in [6.45, 7) is 2.89. The predicted molar refractivity (Wildman–Crippen MR) is 81.5 cm³/mol. The molecule has 1 aliphatic rings. The molecular weight excluding hydrogens is 248 g/mol. The van der Waals surface area contributed by atoms with Gasteiger partial charge in [0.05, 0.1) is 5.69 Å². The Morgan fingerprint density at radius 1 is 1.10 bits per heavy atom. The average molecular weight is 268 g/mol. The van der Waals surface area contributed by atoms with Crippen molar-refractivity contribution in [1.82, 2.24) is 10.2 Å². The Morgan fingerprint density at radius 3 is 2.65 bits per heavy atom. The molecule has 1 aromatic heterocycles. The normalized spacial score (nSPS) is 18.4.